The second-order valence-corrected chi connectivity index (χ2v) is 6.57. The Bertz CT molecular complexity index is 403. The first kappa shape index (κ1) is 18.5. The summed E-state index contributed by atoms with van der Waals surface area (Å²) in [5, 5.41) is 8.90. The van der Waals surface area contributed by atoms with Crippen LogP contribution in [0.4, 0.5) is 0 Å². The van der Waals surface area contributed by atoms with Gasteiger partial charge in [0, 0.05) is 6.54 Å². The Hall–Kier alpha value is -0.580. The van der Waals surface area contributed by atoms with Gasteiger partial charge in [0.1, 0.15) is 0 Å². The maximum atomic E-state index is 6.42. The number of nitrogens with zero attached hydrogens (tertiary/aromatic N) is 3. The summed E-state index contributed by atoms with van der Waals surface area (Å²) in [5.74, 6) is 0.674. The van der Waals surface area contributed by atoms with Gasteiger partial charge in [0.15, 0.2) is 0 Å². The lowest BCUT2D eigenvalue weighted by Crippen LogP contribution is -2.28. The molecule has 122 valence electrons. The molecule has 0 aliphatic heterocycles. The molecule has 1 N–H and O–H groups in total. The quantitative estimate of drug-likeness (QED) is 0.716. The minimum absolute atomic E-state index is 0.289. The van der Waals surface area contributed by atoms with Crippen LogP contribution in [0.3, 0.4) is 0 Å². The molecule has 5 heteroatoms. The van der Waals surface area contributed by atoms with Gasteiger partial charge in [0.2, 0.25) is 0 Å². The van der Waals surface area contributed by atoms with Crippen LogP contribution >= 0.6 is 11.6 Å². The predicted molar refractivity (Wildman–Crippen MR) is 90.9 cm³/mol. The van der Waals surface area contributed by atoms with E-state index in [-0.39, 0.29) is 6.04 Å². The Kier molecular flexibility index (Phi) is 8.30. The zero-order chi connectivity index (χ0) is 15.8. The third kappa shape index (κ3) is 5.97. The molecule has 4 nitrogen and oxygen atoms in total. The summed E-state index contributed by atoms with van der Waals surface area (Å²) >= 11 is 6.42. The molecule has 0 aliphatic carbocycles. The van der Waals surface area contributed by atoms with Gasteiger partial charge in [-0.25, -0.2) is 0 Å². The molecule has 2 atom stereocenters. The Morgan fingerprint density at radius 3 is 2.67 bits per heavy atom. The van der Waals surface area contributed by atoms with Crippen molar-refractivity contribution < 1.29 is 0 Å². The molecule has 2 unspecified atom stereocenters. The Balaban J connectivity index is 2.90. The van der Waals surface area contributed by atoms with E-state index < -0.39 is 0 Å². The van der Waals surface area contributed by atoms with Gasteiger partial charge in [-0.05, 0) is 39.4 Å². The Morgan fingerprint density at radius 1 is 1.38 bits per heavy atom. The number of hydrogen-bond acceptors (Lipinski definition) is 3. The fourth-order valence-electron chi connectivity index (χ4n) is 2.37. The molecular formula is C16H31ClN4. The van der Waals surface area contributed by atoms with Gasteiger partial charge >= 0.3 is 0 Å². The average Bonchev–Trinajstić information content (AvgIpc) is 2.82. The molecule has 0 radical (unpaired) electrons. The molecule has 0 saturated carbocycles. The van der Waals surface area contributed by atoms with Crippen molar-refractivity contribution in [3.8, 4) is 0 Å². The molecule has 0 spiro atoms. The largest absolute Gasteiger partial charge is 0.309 e. The number of hydrogen-bond donors (Lipinski definition) is 1. The molecule has 1 heterocycles. The lowest BCUT2D eigenvalue weighted by molar-refractivity contribution is 0.346. The highest BCUT2D eigenvalue weighted by atomic mass is 35.5. The van der Waals surface area contributed by atoms with E-state index in [9.17, 15) is 0 Å². The molecule has 0 aliphatic rings. The summed E-state index contributed by atoms with van der Waals surface area (Å²) in [7, 11) is 4.16. The van der Waals surface area contributed by atoms with E-state index in [1.165, 1.54) is 6.42 Å². The highest BCUT2D eigenvalue weighted by molar-refractivity contribution is 6.31. The average molecular weight is 315 g/mol. The van der Waals surface area contributed by atoms with Crippen molar-refractivity contribution in [3.05, 3.63) is 16.9 Å². The van der Waals surface area contributed by atoms with Crippen molar-refractivity contribution >= 4 is 11.6 Å². The first-order valence-electron chi connectivity index (χ1n) is 8.08. The van der Waals surface area contributed by atoms with E-state index >= 15 is 0 Å². The number of likely N-dealkylation sites (N-methyl/N-ethyl adjacent to an activating group) is 1. The van der Waals surface area contributed by atoms with Gasteiger partial charge in [-0.2, -0.15) is 5.10 Å². The van der Waals surface area contributed by atoms with Crippen molar-refractivity contribution in [2.24, 2.45) is 5.92 Å². The zero-order valence-corrected chi connectivity index (χ0v) is 15.0. The first-order valence-corrected chi connectivity index (χ1v) is 8.46. The molecular weight excluding hydrogens is 284 g/mol. The van der Waals surface area contributed by atoms with Crippen molar-refractivity contribution in [1.29, 1.82) is 0 Å². The van der Waals surface area contributed by atoms with Crippen LogP contribution < -0.4 is 5.32 Å². The van der Waals surface area contributed by atoms with Crippen LogP contribution in [0, 0.1) is 5.92 Å². The van der Waals surface area contributed by atoms with Crippen LogP contribution in [0.1, 0.15) is 51.8 Å². The number of aromatic nitrogens is 2. The van der Waals surface area contributed by atoms with E-state index in [0.717, 1.165) is 43.2 Å². The normalized spacial score (nSPS) is 14.6. The van der Waals surface area contributed by atoms with Gasteiger partial charge in [-0.1, -0.05) is 38.8 Å². The van der Waals surface area contributed by atoms with Crippen LogP contribution in [0.25, 0.3) is 0 Å². The topological polar surface area (TPSA) is 33.1 Å². The van der Waals surface area contributed by atoms with Gasteiger partial charge < -0.3 is 10.2 Å². The van der Waals surface area contributed by atoms with E-state index in [4.69, 9.17) is 11.6 Å². The van der Waals surface area contributed by atoms with Gasteiger partial charge in [-0.15, -0.1) is 0 Å². The highest BCUT2D eigenvalue weighted by Gasteiger charge is 2.21. The van der Waals surface area contributed by atoms with Crippen LogP contribution in [0.5, 0.6) is 0 Å². The molecule has 1 aromatic heterocycles. The third-order valence-corrected chi connectivity index (χ3v) is 4.19. The number of halogens is 1. The SMILES string of the molecule is CCCNC(CC(C)CC)c1c(Cl)cnn1CCN(C)C. The molecule has 0 amide bonds. The molecule has 0 fully saturated rings. The fraction of sp³-hybridized carbons (Fsp3) is 0.812. The monoisotopic (exact) mass is 314 g/mol. The highest BCUT2D eigenvalue weighted by Crippen LogP contribution is 2.28. The summed E-state index contributed by atoms with van der Waals surface area (Å²) in [4.78, 5) is 2.17. The standard InChI is InChI=1S/C16H31ClN4/c1-6-8-18-15(11-13(3)7-2)16-14(17)12-19-21(16)10-9-20(4)5/h12-13,15,18H,6-11H2,1-5H3. The minimum Gasteiger partial charge on any atom is -0.309 e. The minimum atomic E-state index is 0.289. The Labute approximate surface area is 134 Å². The van der Waals surface area contributed by atoms with E-state index in [1.807, 2.05) is 0 Å². The van der Waals surface area contributed by atoms with Crippen molar-refractivity contribution in [1.82, 2.24) is 20.0 Å². The lowest BCUT2D eigenvalue weighted by Gasteiger charge is -2.24. The summed E-state index contributed by atoms with van der Waals surface area (Å²) in [6.07, 6.45) is 5.20. The van der Waals surface area contributed by atoms with Crippen LogP contribution in [0.15, 0.2) is 6.20 Å². The van der Waals surface area contributed by atoms with E-state index in [1.54, 1.807) is 6.20 Å². The summed E-state index contributed by atoms with van der Waals surface area (Å²) in [6.45, 7) is 9.59. The van der Waals surface area contributed by atoms with Crippen molar-refractivity contribution in [2.45, 2.75) is 52.6 Å². The summed E-state index contributed by atoms with van der Waals surface area (Å²) in [6, 6.07) is 0.289. The second kappa shape index (κ2) is 9.44. The van der Waals surface area contributed by atoms with E-state index in [2.05, 4.69) is 54.9 Å². The first-order chi connectivity index (χ1) is 9.99. The van der Waals surface area contributed by atoms with Gasteiger partial charge in [0.25, 0.3) is 0 Å². The number of nitrogens with one attached hydrogen (secondary N) is 1. The van der Waals surface area contributed by atoms with Crippen molar-refractivity contribution in [3.63, 3.8) is 0 Å². The van der Waals surface area contributed by atoms with E-state index in [0.29, 0.717) is 5.92 Å². The third-order valence-electron chi connectivity index (χ3n) is 3.90. The number of rotatable bonds is 10. The molecule has 21 heavy (non-hydrogen) atoms. The molecule has 0 bridgehead atoms. The molecule has 1 rings (SSSR count). The van der Waals surface area contributed by atoms with Crippen LogP contribution in [0.2, 0.25) is 5.02 Å². The summed E-state index contributed by atoms with van der Waals surface area (Å²) in [5.41, 5.74) is 1.15. The predicted octanol–water partition coefficient (Wildman–Crippen LogP) is 3.58. The second-order valence-electron chi connectivity index (χ2n) is 6.16. The van der Waals surface area contributed by atoms with Crippen LogP contribution in [-0.4, -0.2) is 41.9 Å². The molecule has 0 saturated heterocycles. The van der Waals surface area contributed by atoms with Gasteiger partial charge in [-0.3, -0.25) is 4.68 Å². The van der Waals surface area contributed by atoms with Gasteiger partial charge in [0.05, 0.1) is 29.5 Å². The molecule has 0 aromatic carbocycles. The smallest absolute Gasteiger partial charge is 0.0834 e. The molecule has 1 aromatic rings. The summed E-state index contributed by atoms with van der Waals surface area (Å²) < 4.78 is 2.07. The fourth-order valence-corrected chi connectivity index (χ4v) is 2.64. The Morgan fingerprint density at radius 2 is 2.10 bits per heavy atom. The van der Waals surface area contributed by atoms with Crippen molar-refractivity contribution in [2.75, 3.05) is 27.2 Å². The lowest BCUT2D eigenvalue weighted by atomic mass is 9.97. The zero-order valence-electron chi connectivity index (χ0n) is 14.2. The van der Waals surface area contributed by atoms with Crippen LogP contribution in [-0.2, 0) is 6.54 Å². The maximum Gasteiger partial charge on any atom is 0.0834 e. The maximum absolute atomic E-state index is 6.42.